The number of halogens is 2. The molecule has 0 amide bonds. The Morgan fingerprint density at radius 2 is 2.36 bits per heavy atom. The fraction of sp³-hybridized carbons (Fsp3) is 0.222. The number of rotatable bonds is 1. The van der Waals surface area contributed by atoms with Crippen molar-refractivity contribution in [2.24, 2.45) is 0 Å². The van der Waals surface area contributed by atoms with Crippen molar-refractivity contribution in [2.45, 2.75) is 12.5 Å². The van der Waals surface area contributed by atoms with Crippen LogP contribution in [0, 0.1) is 5.82 Å². The standard InChI is InChI=1S/C9H6ClFO3/c10-5-2-1-4-3-6(9(12)13)14-8(4)7(5)11/h1-2,6H,3H2,(H,12,13). The van der Waals surface area contributed by atoms with E-state index in [0.29, 0.717) is 5.56 Å². The van der Waals surface area contributed by atoms with Gasteiger partial charge in [-0.3, -0.25) is 0 Å². The quantitative estimate of drug-likeness (QED) is 0.780. The molecular weight excluding hydrogens is 211 g/mol. The molecule has 0 saturated carbocycles. The lowest BCUT2D eigenvalue weighted by molar-refractivity contribution is -0.144. The summed E-state index contributed by atoms with van der Waals surface area (Å²) in [5, 5.41) is 8.60. The summed E-state index contributed by atoms with van der Waals surface area (Å²) in [5.74, 6) is -1.82. The number of hydrogen-bond donors (Lipinski definition) is 1. The van der Waals surface area contributed by atoms with Gasteiger partial charge in [0.1, 0.15) is 0 Å². The highest BCUT2D eigenvalue weighted by Gasteiger charge is 2.31. The molecule has 1 aromatic carbocycles. The number of carboxylic acids is 1. The van der Waals surface area contributed by atoms with Gasteiger partial charge in [-0.2, -0.15) is 0 Å². The van der Waals surface area contributed by atoms with E-state index < -0.39 is 17.9 Å². The Labute approximate surface area is 84.1 Å². The first-order valence-electron chi connectivity index (χ1n) is 3.96. The maximum atomic E-state index is 13.3. The van der Waals surface area contributed by atoms with Crippen LogP contribution in [0.5, 0.6) is 5.75 Å². The normalized spacial score (nSPS) is 18.9. The average Bonchev–Trinajstić information content (AvgIpc) is 2.56. The molecule has 0 aliphatic carbocycles. The Kier molecular flexibility index (Phi) is 2.07. The molecule has 74 valence electrons. The second-order valence-corrected chi connectivity index (χ2v) is 3.41. The van der Waals surface area contributed by atoms with Crippen molar-refractivity contribution in [1.29, 1.82) is 0 Å². The van der Waals surface area contributed by atoms with Gasteiger partial charge in [0, 0.05) is 12.0 Å². The molecule has 1 aliphatic heterocycles. The van der Waals surface area contributed by atoms with Gasteiger partial charge in [-0.05, 0) is 6.07 Å². The zero-order valence-corrected chi connectivity index (χ0v) is 7.71. The van der Waals surface area contributed by atoms with E-state index >= 15 is 0 Å². The van der Waals surface area contributed by atoms with E-state index in [1.54, 1.807) is 6.07 Å². The molecule has 0 bridgehead atoms. The minimum Gasteiger partial charge on any atom is -0.478 e. The van der Waals surface area contributed by atoms with E-state index in [9.17, 15) is 9.18 Å². The molecule has 5 heteroatoms. The van der Waals surface area contributed by atoms with Crippen molar-refractivity contribution in [2.75, 3.05) is 0 Å². The molecule has 1 unspecified atom stereocenters. The molecule has 14 heavy (non-hydrogen) atoms. The summed E-state index contributed by atoms with van der Waals surface area (Å²) in [7, 11) is 0. The van der Waals surface area contributed by atoms with Gasteiger partial charge in [-0.15, -0.1) is 0 Å². The van der Waals surface area contributed by atoms with Crippen LogP contribution in [0.4, 0.5) is 4.39 Å². The maximum absolute atomic E-state index is 13.3. The van der Waals surface area contributed by atoms with E-state index in [0.717, 1.165) is 0 Å². The van der Waals surface area contributed by atoms with E-state index in [4.69, 9.17) is 21.4 Å². The van der Waals surface area contributed by atoms with Crippen LogP contribution in [0.2, 0.25) is 5.02 Å². The monoisotopic (exact) mass is 216 g/mol. The molecule has 0 radical (unpaired) electrons. The van der Waals surface area contributed by atoms with E-state index in [2.05, 4.69) is 0 Å². The third-order valence-corrected chi connectivity index (χ3v) is 2.36. The Morgan fingerprint density at radius 3 is 3.00 bits per heavy atom. The first kappa shape index (κ1) is 9.27. The summed E-state index contributed by atoms with van der Waals surface area (Å²) in [6.45, 7) is 0. The zero-order chi connectivity index (χ0) is 10.3. The zero-order valence-electron chi connectivity index (χ0n) is 6.96. The number of benzene rings is 1. The molecule has 0 saturated heterocycles. The van der Waals surface area contributed by atoms with Crippen LogP contribution in [-0.4, -0.2) is 17.2 Å². The lowest BCUT2D eigenvalue weighted by atomic mass is 10.1. The lowest BCUT2D eigenvalue weighted by Gasteiger charge is -2.04. The van der Waals surface area contributed by atoms with Gasteiger partial charge in [-0.25, -0.2) is 9.18 Å². The van der Waals surface area contributed by atoms with Crippen LogP contribution >= 0.6 is 11.6 Å². The van der Waals surface area contributed by atoms with Crippen LogP contribution < -0.4 is 4.74 Å². The van der Waals surface area contributed by atoms with Crippen LogP contribution in [0.25, 0.3) is 0 Å². The fourth-order valence-corrected chi connectivity index (χ4v) is 1.53. The van der Waals surface area contributed by atoms with Gasteiger partial charge >= 0.3 is 5.97 Å². The first-order valence-corrected chi connectivity index (χ1v) is 4.33. The maximum Gasteiger partial charge on any atom is 0.345 e. The lowest BCUT2D eigenvalue weighted by Crippen LogP contribution is -2.24. The van der Waals surface area contributed by atoms with Crippen LogP contribution in [0.1, 0.15) is 5.56 Å². The highest BCUT2D eigenvalue weighted by molar-refractivity contribution is 6.30. The molecule has 1 N–H and O–H groups in total. The van der Waals surface area contributed by atoms with E-state index in [-0.39, 0.29) is 17.2 Å². The minimum atomic E-state index is -1.10. The third kappa shape index (κ3) is 1.32. The Balaban J connectivity index is 2.40. The van der Waals surface area contributed by atoms with Gasteiger partial charge in [0.25, 0.3) is 0 Å². The van der Waals surface area contributed by atoms with Gasteiger partial charge in [0.05, 0.1) is 5.02 Å². The molecule has 1 atom stereocenters. The van der Waals surface area contributed by atoms with Crippen LogP contribution in [0.3, 0.4) is 0 Å². The molecule has 3 nitrogen and oxygen atoms in total. The molecule has 1 aliphatic rings. The number of ether oxygens (including phenoxy) is 1. The highest BCUT2D eigenvalue weighted by Crippen LogP contribution is 2.35. The molecule has 0 aromatic heterocycles. The molecule has 1 aromatic rings. The molecule has 0 spiro atoms. The molecular formula is C9H6ClFO3. The largest absolute Gasteiger partial charge is 0.478 e. The smallest absolute Gasteiger partial charge is 0.345 e. The summed E-state index contributed by atoms with van der Waals surface area (Å²) in [6, 6.07) is 2.97. The summed E-state index contributed by atoms with van der Waals surface area (Å²) in [6.07, 6.45) is -0.823. The number of carboxylic acid groups (broad SMARTS) is 1. The van der Waals surface area contributed by atoms with Crippen molar-refractivity contribution in [3.05, 3.63) is 28.5 Å². The predicted molar refractivity (Wildman–Crippen MR) is 47.2 cm³/mol. The van der Waals surface area contributed by atoms with Crippen molar-refractivity contribution in [3.63, 3.8) is 0 Å². The number of aliphatic carboxylic acids is 1. The summed E-state index contributed by atoms with van der Waals surface area (Å²) in [4.78, 5) is 10.6. The third-order valence-electron chi connectivity index (χ3n) is 2.07. The first-order chi connectivity index (χ1) is 6.59. The molecule has 2 rings (SSSR count). The molecule has 1 heterocycles. The topological polar surface area (TPSA) is 46.5 Å². The van der Waals surface area contributed by atoms with Gasteiger partial charge in [0.15, 0.2) is 17.7 Å². The number of hydrogen-bond acceptors (Lipinski definition) is 2. The van der Waals surface area contributed by atoms with Crippen molar-refractivity contribution < 1.29 is 19.0 Å². The van der Waals surface area contributed by atoms with E-state index in [1.165, 1.54) is 6.07 Å². The second-order valence-electron chi connectivity index (χ2n) is 3.00. The Bertz CT molecular complexity index is 405. The van der Waals surface area contributed by atoms with Crippen LogP contribution in [-0.2, 0) is 11.2 Å². The van der Waals surface area contributed by atoms with Crippen molar-refractivity contribution in [3.8, 4) is 5.75 Å². The Hall–Kier alpha value is -1.29. The summed E-state index contributed by atoms with van der Waals surface area (Å²) in [5.41, 5.74) is 0.541. The van der Waals surface area contributed by atoms with Crippen LogP contribution in [0.15, 0.2) is 12.1 Å². The SMILES string of the molecule is O=C(O)C1Cc2ccc(Cl)c(F)c2O1. The number of carbonyl (C=O) groups is 1. The van der Waals surface area contributed by atoms with Crippen molar-refractivity contribution >= 4 is 17.6 Å². The highest BCUT2D eigenvalue weighted by atomic mass is 35.5. The van der Waals surface area contributed by atoms with E-state index in [1.807, 2.05) is 0 Å². The summed E-state index contributed by atoms with van der Waals surface area (Å²) >= 11 is 5.52. The predicted octanol–water partition coefficient (Wildman–Crippen LogP) is 1.87. The van der Waals surface area contributed by atoms with Gasteiger partial charge < -0.3 is 9.84 Å². The molecule has 0 fully saturated rings. The van der Waals surface area contributed by atoms with Gasteiger partial charge in [-0.1, -0.05) is 17.7 Å². The number of fused-ring (bicyclic) bond motifs is 1. The minimum absolute atomic E-state index is 0.0371. The Morgan fingerprint density at radius 1 is 1.64 bits per heavy atom. The average molecular weight is 217 g/mol. The second kappa shape index (κ2) is 3.13. The fourth-order valence-electron chi connectivity index (χ4n) is 1.38. The van der Waals surface area contributed by atoms with Crippen molar-refractivity contribution in [1.82, 2.24) is 0 Å². The summed E-state index contributed by atoms with van der Waals surface area (Å²) < 4.78 is 18.2. The van der Waals surface area contributed by atoms with Gasteiger partial charge in [0.2, 0.25) is 0 Å².